The lowest BCUT2D eigenvalue weighted by Crippen LogP contribution is -1.95. The fourth-order valence-electron chi connectivity index (χ4n) is 7.94. The van der Waals surface area contributed by atoms with E-state index in [1.54, 1.807) is 0 Å². The summed E-state index contributed by atoms with van der Waals surface area (Å²) in [4.78, 5) is 9.34. The zero-order chi connectivity index (χ0) is 33.2. The predicted molar refractivity (Wildman–Crippen MR) is 212 cm³/mol. The molecule has 10 aromatic rings. The monoisotopic (exact) mass is 632 g/mol. The van der Waals surface area contributed by atoms with Crippen molar-refractivity contribution < 1.29 is 0 Å². The Bertz CT molecular complexity index is 3060. The molecule has 0 atom stereocenters. The van der Waals surface area contributed by atoms with Crippen molar-refractivity contribution in [3.8, 4) is 33.5 Å². The van der Waals surface area contributed by atoms with Gasteiger partial charge in [-0.25, -0.2) is 9.83 Å². The van der Waals surface area contributed by atoms with E-state index in [0.717, 1.165) is 49.6 Å². The van der Waals surface area contributed by atoms with Crippen LogP contribution in [0.15, 0.2) is 170 Å². The molecule has 0 spiro atoms. The molecule has 50 heavy (non-hydrogen) atoms. The SMILES string of the molecule is [C-]#[N+]c1cccc(-c2cc3c(-c4cc5ccccc5c5ccccc45)cc(-c4cc5ccccc5c5ccccc45)nc3c3ccccc23)c1. The minimum atomic E-state index is 0.629. The van der Waals surface area contributed by atoms with Gasteiger partial charge in [-0.1, -0.05) is 140 Å². The lowest BCUT2D eigenvalue weighted by molar-refractivity contribution is 1.42. The number of nitrogens with zero attached hydrogens (tertiary/aromatic N) is 2. The van der Waals surface area contributed by atoms with E-state index in [9.17, 15) is 0 Å². The van der Waals surface area contributed by atoms with Gasteiger partial charge in [0.1, 0.15) is 0 Å². The van der Waals surface area contributed by atoms with Crippen LogP contribution in [0, 0.1) is 6.57 Å². The van der Waals surface area contributed by atoms with Gasteiger partial charge in [0.25, 0.3) is 0 Å². The number of rotatable bonds is 3. The van der Waals surface area contributed by atoms with Crippen LogP contribution in [0.1, 0.15) is 0 Å². The summed E-state index contributed by atoms with van der Waals surface area (Å²) in [5.41, 5.74) is 8.08. The van der Waals surface area contributed by atoms with E-state index in [-0.39, 0.29) is 0 Å². The molecule has 0 aliphatic carbocycles. The van der Waals surface area contributed by atoms with E-state index in [1.807, 2.05) is 18.2 Å². The summed E-state index contributed by atoms with van der Waals surface area (Å²) in [5.74, 6) is 0. The third-order valence-electron chi connectivity index (χ3n) is 10.2. The summed E-state index contributed by atoms with van der Waals surface area (Å²) in [6.45, 7) is 7.71. The molecule has 0 saturated carbocycles. The molecule has 0 bridgehead atoms. The first kappa shape index (κ1) is 28.2. The van der Waals surface area contributed by atoms with Gasteiger partial charge in [-0.05, 0) is 101 Å². The van der Waals surface area contributed by atoms with Crippen molar-refractivity contribution in [1.29, 1.82) is 0 Å². The molecule has 0 saturated heterocycles. The Morgan fingerprint density at radius 1 is 0.360 bits per heavy atom. The summed E-state index contributed by atoms with van der Waals surface area (Å²) in [5, 5.41) is 13.0. The summed E-state index contributed by atoms with van der Waals surface area (Å²) in [7, 11) is 0. The topological polar surface area (TPSA) is 17.2 Å². The molecule has 0 aliphatic heterocycles. The molecule has 2 nitrogen and oxygen atoms in total. The highest BCUT2D eigenvalue weighted by atomic mass is 14.7. The van der Waals surface area contributed by atoms with Crippen LogP contribution in [0.5, 0.6) is 0 Å². The Labute approximate surface area is 289 Å². The normalized spacial score (nSPS) is 11.6. The highest BCUT2D eigenvalue weighted by Gasteiger charge is 2.19. The lowest BCUT2D eigenvalue weighted by atomic mass is 9.87. The van der Waals surface area contributed by atoms with Crippen molar-refractivity contribution in [3.05, 3.63) is 181 Å². The minimum absolute atomic E-state index is 0.629. The van der Waals surface area contributed by atoms with Crippen LogP contribution < -0.4 is 0 Å². The average Bonchev–Trinajstić information content (AvgIpc) is 3.19. The second-order valence-corrected chi connectivity index (χ2v) is 13.0. The van der Waals surface area contributed by atoms with Gasteiger partial charge >= 0.3 is 0 Å². The predicted octanol–water partition coefficient (Wildman–Crippen LogP) is 13.6. The van der Waals surface area contributed by atoms with Gasteiger partial charge in [-0.3, -0.25) is 0 Å². The fourth-order valence-corrected chi connectivity index (χ4v) is 7.94. The maximum Gasteiger partial charge on any atom is 0.187 e. The molecule has 1 aromatic heterocycles. The van der Waals surface area contributed by atoms with Crippen LogP contribution in [0.25, 0.3) is 103 Å². The van der Waals surface area contributed by atoms with Crippen LogP contribution >= 0.6 is 0 Å². The molecular weight excluding hydrogens is 605 g/mol. The van der Waals surface area contributed by atoms with Gasteiger partial charge in [-0.15, -0.1) is 0 Å². The Kier molecular flexibility index (Phi) is 6.28. The molecule has 0 N–H and O–H groups in total. The molecule has 0 unspecified atom stereocenters. The number of fused-ring (bicyclic) bond motifs is 9. The van der Waals surface area contributed by atoms with Gasteiger partial charge < -0.3 is 0 Å². The summed E-state index contributed by atoms with van der Waals surface area (Å²) >= 11 is 0. The summed E-state index contributed by atoms with van der Waals surface area (Å²) in [6.07, 6.45) is 0. The van der Waals surface area contributed by atoms with Gasteiger partial charge in [-0.2, -0.15) is 0 Å². The van der Waals surface area contributed by atoms with Crippen molar-refractivity contribution in [1.82, 2.24) is 4.98 Å². The highest BCUT2D eigenvalue weighted by Crippen LogP contribution is 2.45. The smallest absolute Gasteiger partial charge is 0.187 e. The molecule has 0 aliphatic rings. The third-order valence-corrected chi connectivity index (χ3v) is 10.2. The Hall–Kier alpha value is -6.82. The summed E-state index contributed by atoms with van der Waals surface area (Å²) < 4.78 is 0. The molecule has 230 valence electrons. The van der Waals surface area contributed by atoms with Crippen molar-refractivity contribution >= 4 is 70.5 Å². The van der Waals surface area contributed by atoms with Crippen molar-refractivity contribution in [2.45, 2.75) is 0 Å². The van der Waals surface area contributed by atoms with E-state index >= 15 is 0 Å². The maximum absolute atomic E-state index is 7.71. The zero-order valence-electron chi connectivity index (χ0n) is 27.1. The summed E-state index contributed by atoms with van der Waals surface area (Å²) in [6, 6.07) is 60.5. The third kappa shape index (κ3) is 4.31. The fraction of sp³-hybridized carbons (Fsp3) is 0. The first-order valence-electron chi connectivity index (χ1n) is 16.9. The van der Waals surface area contributed by atoms with Crippen molar-refractivity contribution in [3.63, 3.8) is 0 Å². The van der Waals surface area contributed by atoms with E-state index in [0.29, 0.717) is 5.69 Å². The average molecular weight is 633 g/mol. The van der Waals surface area contributed by atoms with Gasteiger partial charge in [0.2, 0.25) is 0 Å². The van der Waals surface area contributed by atoms with Crippen LogP contribution in [0.4, 0.5) is 5.69 Å². The van der Waals surface area contributed by atoms with E-state index in [1.165, 1.54) is 48.7 Å². The van der Waals surface area contributed by atoms with Crippen molar-refractivity contribution in [2.75, 3.05) is 0 Å². The van der Waals surface area contributed by atoms with E-state index in [2.05, 4.69) is 157 Å². The van der Waals surface area contributed by atoms with E-state index in [4.69, 9.17) is 11.6 Å². The molecule has 0 fully saturated rings. The van der Waals surface area contributed by atoms with Crippen LogP contribution in [0.3, 0.4) is 0 Å². The number of benzene rings is 9. The number of pyridine rings is 1. The quantitative estimate of drug-likeness (QED) is 0.140. The molecular formula is C48H28N2. The highest BCUT2D eigenvalue weighted by molar-refractivity contribution is 6.21. The van der Waals surface area contributed by atoms with Gasteiger partial charge in [0.05, 0.1) is 17.8 Å². The number of hydrogen-bond donors (Lipinski definition) is 0. The van der Waals surface area contributed by atoms with Gasteiger partial charge in [0.15, 0.2) is 5.69 Å². The molecule has 0 amide bonds. The first-order chi connectivity index (χ1) is 24.7. The largest absolute Gasteiger partial charge is 0.247 e. The standard InChI is InChI=1S/C48H28N2/c1-49-33-16-12-15-30(25-33)42-28-46-44(43-26-31-13-2-4-17-34(31)36-19-6-8-21-38(36)43)29-47(50-48(46)41-24-11-10-23-40(41)42)45-27-32-14-3-5-18-35(32)37-20-7-9-22-39(37)45/h2-29H. The van der Waals surface area contributed by atoms with Crippen LogP contribution in [-0.4, -0.2) is 4.98 Å². The Morgan fingerprint density at radius 3 is 1.50 bits per heavy atom. The van der Waals surface area contributed by atoms with E-state index < -0.39 is 0 Å². The maximum atomic E-state index is 7.71. The number of aromatic nitrogens is 1. The molecule has 0 radical (unpaired) electrons. The first-order valence-corrected chi connectivity index (χ1v) is 16.9. The van der Waals surface area contributed by atoms with Crippen LogP contribution in [-0.2, 0) is 0 Å². The lowest BCUT2D eigenvalue weighted by Gasteiger charge is -2.18. The second-order valence-electron chi connectivity index (χ2n) is 13.0. The number of hydrogen-bond acceptors (Lipinski definition) is 1. The molecule has 1 heterocycles. The molecule has 9 aromatic carbocycles. The zero-order valence-corrected chi connectivity index (χ0v) is 27.1. The van der Waals surface area contributed by atoms with Crippen molar-refractivity contribution in [2.24, 2.45) is 0 Å². The van der Waals surface area contributed by atoms with Crippen LogP contribution in [0.2, 0.25) is 0 Å². The second kappa shape index (κ2) is 11.1. The molecule has 10 rings (SSSR count). The minimum Gasteiger partial charge on any atom is -0.247 e. The van der Waals surface area contributed by atoms with Gasteiger partial charge in [0, 0.05) is 16.3 Å². The Balaban J connectivity index is 1.40. The molecule has 2 heteroatoms. The Morgan fingerprint density at radius 2 is 0.860 bits per heavy atom.